The minimum absolute atomic E-state index is 0.427. The summed E-state index contributed by atoms with van der Waals surface area (Å²) in [5.41, 5.74) is 1.37. The van der Waals surface area contributed by atoms with Gasteiger partial charge in [-0.1, -0.05) is 53.9 Å². The maximum absolute atomic E-state index is 3.80. The van der Waals surface area contributed by atoms with Crippen LogP contribution in [0.1, 0.15) is 51.1 Å². The van der Waals surface area contributed by atoms with Gasteiger partial charge in [-0.3, -0.25) is 0 Å². The van der Waals surface area contributed by atoms with E-state index in [2.05, 4.69) is 59.4 Å². The Morgan fingerprint density at radius 2 is 1.94 bits per heavy atom. The first-order chi connectivity index (χ1) is 8.18. The molecule has 1 fully saturated rings. The second kappa shape index (κ2) is 6.01. The molecule has 1 N–H and O–H groups in total. The van der Waals surface area contributed by atoms with E-state index in [1.807, 2.05) is 0 Å². The van der Waals surface area contributed by atoms with Crippen molar-refractivity contribution in [2.75, 3.05) is 0 Å². The molecule has 1 aromatic carbocycles. The van der Waals surface area contributed by atoms with Gasteiger partial charge < -0.3 is 5.32 Å². The topological polar surface area (TPSA) is 12.0 Å². The summed E-state index contributed by atoms with van der Waals surface area (Å²) in [5, 5.41) is 3.80. The Kier molecular flexibility index (Phi) is 4.63. The third kappa shape index (κ3) is 3.32. The van der Waals surface area contributed by atoms with E-state index in [1.165, 1.54) is 35.7 Å². The fraction of sp³-hybridized carbons (Fsp3) is 0.600. The van der Waals surface area contributed by atoms with E-state index < -0.39 is 0 Å². The second-order valence-electron chi connectivity index (χ2n) is 5.28. The normalized spacial score (nSPS) is 26.8. The maximum atomic E-state index is 3.80. The molecule has 0 saturated heterocycles. The van der Waals surface area contributed by atoms with Crippen molar-refractivity contribution >= 4 is 15.9 Å². The predicted molar refractivity (Wildman–Crippen MR) is 77.1 cm³/mol. The molecule has 1 saturated carbocycles. The summed E-state index contributed by atoms with van der Waals surface area (Å²) in [6.45, 7) is 4.64. The highest BCUT2D eigenvalue weighted by Crippen LogP contribution is 2.28. The van der Waals surface area contributed by atoms with Crippen LogP contribution in [0.15, 0.2) is 28.7 Å². The highest BCUT2D eigenvalue weighted by atomic mass is 79.9. The molecule has 1 aromatic rings. The van der Waals surface area contributed by atoms with E-state index in [0.717, 1.165) is 5.92 Å². The first kappa shape index (κ1) is 13.1. The van der Waals surface area contributed by atoms with Gasteiger partial charge in [-0.2, -0.15) is 0 Å². The molecule has 17 heavy (non-hydrogen) atoms. The zero-order valence-electron chi connectivity index (χ0n) is 10.7. The van der Waals surface area contributed by atoms with Crippen molar-refractivity contribution in [1.82, 2.24) is 5.32 Å². The molecule has 0 radical (unpaired) electrons. The number of benzene rings is 1. The van der Waals surface area contributed by atoms with Crippen LogP contribution in [0.5, 0.6) is 0 Å². The first-order valence-corrected chi connectivity index (χ1v) is 7.48. The number of nitrogens with one attached hydrogen (secondary N) is 1. The van der Waals surface area contributed by atoms with E-state index in [9.17, 15) is 0 Å². The molecule has 0 aromatic heterocycles. The standard InChI is InChI=1S/C15H22BrN/c1-11-7-3-6-10-15(11)17-12(2)13-8-4-5-9-14(13)16/h4-5,8-9,11-12,15,17H,3,6-7,10H2,1-2H3/t11?,12-,15?/m1/s1. The fourth-order valence-corrected chi connectivity index (χ4v) is 3.43. The quantitative estimate of drug-likeness (QED) is 0.854. The molecule has 2 rings (SSSR count). The third-order valence-corrected chi connectivity index (χ3v) is 4.67. The van der Waals surface area contributed by atoms with Gasteiger partial charge in [-0.15, -0.1) is 0 Å². The first-order valence-electron chi connectivity index (χ1n) is 6.69. The molecule has 94 valence electrons. The van der Waals surface area contributed by atoms with Gasteiger partial charge in [0, 0.05) is 16.6 Å². The summed E-state index contributed by atoms with van der Waals surface area (Å²) in [6, 6.07) is 9.63. The van der Waals surface area contributed by atoms with E-state index >= 15 is 0 Å². The lowest BCUT2D eigenvalue weighted by Crippen LogP contribution is -2.38. The molecule has 0 spiro atoms. The minimum Gasteiger partial charge on any atom is -0.307 e. The molecule has 1 aliphatic rings. The Balaban J connectivity index is 2.01. The smallest absolute Gasteiger partial charge is 0.0305 e. The van der Waals surface area contributed by atoms with Crippen LogP contribution in [0.3, 0.4) is 0 Å². The lowest BCUT2D eigenvalue weighted by atomic mass is 9.85. The van der Waals surface area contributed by atoms with Crippen LogP contribution in [0.25, 0.3) is 0 Å². The fourth-order valence-electron chi connectivity index (χ4n) is 2.80. The molecule has 2 unspecified atom stereocenters. The molecule has 0 heterocycles. The summed E-state index contributed by atoms with van der Waals surface area (Å²) in [6.07, 6.45) is 5.49. The zero-order chi connectivity index (χ0) is 12.3. The summed E-state index contributed by atoms with van der Waals surface area (Å²) in [5.74, 6) is 0.814. The molecule has 0 amide bonds. The predicted octanol–water partition coefficient (Wildman–Crippen LogP) is 4.68. The molecule has 0 bridgehead atoms. The Morgan fingerprint density at radius 1 is 1.24 bits per heavy atom. The van der Waals surface area contributed by atoms with Crippen molar-refractivity contribution in [3.63, 3.8) is 0 Å². The van der Waals surface area contributed by atoms with Crippen molar-refractivity contribution in [1.29, 1.82) is 0 Å². The number of rotatable bonds is 3. The number of halogens is 1. The van der Waals surface area contributed by atoms with Gasteiger partial charge >= 0.3 is 0 Å². The number of hydrogen-bond acceptors (Lipinski definition) is 1. The third-order valence-electron chi connectivity index (χ3n) is 3.95. The molecule has 1 nitrogen and oxygen atoms in total. The van der Waals surface area contributed by atoms with Crippen molar-refractivity contribution in [2.24, 2.45) is 5.92 Å². The average Bonchev–Trinajstić information content (AvgIpc) is 2.32. The van der Waals surface area contributed by atoms with Crippen LogP contribution in [-0.4, -0.2) is 6.04 Å². The average molecular weight is 296 g/mol. The lowest BCUT2D eigenvalue weighted by molar-refractivity contribution is 0.263. The molecule has 3 atom stereocenters. The largest absolute Gasteiger partial charge is 0.307 e. The Morgan fingerprint density at radius 3 is 2.65 bits per heavy atom. The van der Waals surface area contributed by atoms with E-state index in [-0.39, 0.29) is 0 Å². The monoisotopic (exact) mass is 295 g/mol. The van der Waals surface area contributed by atoms with E-state index in [4.69, 9.17) is 0 Å². The van der Waals surface area contributed by atoms with Gasteiger partial charge in [0.1, 0.15) is 0 Å². The van der Waals surface area contributed by atoms with Crippen LogP contribution in [0.4, 0.5) is 0 Å². The van der Waals surface area contributed by atoms with E-state index in [0.29, 0.717) is 12.1 Å². The van der Waals surface area contributed by atoms with Crippen LogP contribution in [-0.2, 0) is 0 Å². The summed E-state index contributed by atoms with van der Waals surface area (Å²) < 4.78 is 1.21. The second-order valence-corrected chi connectivity index (χ2v) is 6.13. The Hall–Kier alpha value is -0.340. The molecule has 0 aliphatic heterocycles. The molecule has 1 aliphatic carbocycles. The SMILES string of the molecule is CC1CCCCC1N[C@H](C)c1ccccc1Br. The highest BCUT2D eigenvalue weighted by Gasteiger charge is 2.23. The van der Waals surface area contributed by atoms with Crippen LogP contribution in [0, 0.1) is 5.92 Å². The molecular formula is C15H22BrN. The van der Waals surface area contributed by atoms with E-state index in [1.54, 1.807) is 0 Å². The van der Waals surface area contributed by atoms with Gasteiger partial charge in [-0.25, -0.2) is 0 Å². The van der Waals surface area contributed by atoms with Crippen LogP contribution in [0.2, 0.25) is 0 Å². The van der Waals surface area contributed by atoms with Crippen molar-refractivity contribution in [2.45, 2.75) is 51.6 Å². The Labute approximate surface area is 113 Å². The summed E-state index contributed by atoms with van der Waals surface area (Å²) >= 11 is 3.64. The molecular weight excluding hydrogens is 274 g/mol. The highest BCUT2D eigenvalue weighted by molar-refractivity contribution is 9.10. The van der Waals surface area contributed by atoms with Crippen molar-refractivity contribution in [3.8, 4) is 0 Å². The minimum atomic E-state index is 0.427. The van der Waals surface area contributed by atoms with Gasteiger partial charge in [0.2, 0.25) is 0 Å². The van der Waals surface area contributed by atoms with Gasteiger partial charge in [0.15, 0.2) is 0 Å². The lowest BCUT2D eigenvalue weighted by Gasteiger charge is -2.32. The van der Waals surface area contributed by atoms with Crippen molar-refractivity contribution in [3.05, 3.63) is 34.3 Å². The van der Waals surface area contributed by atoms with Crippen molar-refractivity contribution < 1.29 is 0 Å². The number of hydrogen-bond donors (Lipinski definition) is 1. The Bertz CT molecular complexity index is 364. The van der Waals surface area contributed by atoms with Gasteiger partial charge in [-0.05, 0) is 37.3 Å². The van der Waals surface area contributed by atoms with Gasteiger partial charge in [0.25, 0.3) is 0 Å². The van der Waals surface area contributed by atoms with Gasteiger partial charge in [0.05, 0.1) is 0 Å². The summed E-state index contributed by atoms with van der Waals surface area (Å²) in [7, 11) is 0. The van der Waals surface area contributed by atoms with Crippen LogP contribution < -0.4 is 5.32 Å². The molecule has 2 heteroatoms. The van der Waals surface area contributed by atoms with Crippen LogP contribution >= 0.6 is 15.9 Å². The zero-order valence-corrected chi connectivity index (χ0v) is 12.3. The maximum Gasteiger partial charge on any atom is 0.0305 e. The summed E-state index contributed by atoms with van der Waals surface area (Å²) in [4.78, 5) is 0.